The van der Waals surface area contributed by atoms with Gasteiger partial charge in [0, 0.05) is 51.4 Å². The van der Waals surface area contributed by atoms with Crippen LogP contribution < -0.4 is 0 Å². The van der Waals surface area contributed by atoms with E-state index in [0.717, 1.165) is 10.8 Å². The van der Waals surface area contributed by atoms with Crippen molar-refractivity contribution in [3.8, 4) is 0 Å². The molecule has 0 amide bonds. The Hall–Kier alpha value is 2.80. The van der Waals surface area contributed by atoms with E-state index in [1.807, 2.05) is 0 Å². The summed E-state index contributed by atoms with van der Waals surface area (Å²) < 4.78 is 0.556. The van der Waals surface area contributed by atoms with Crippen LogP contribution in [0.2, 0.25) is 0 Å². The fourth-order valence-electron chi connectivity index (χ4n) is 4.00. The SMILES string of the molecule is C1CSC2(S1)SCCS2.C1CSCC2(C1)CCCSC2.C1SCC12CSC2. The lowest BCUT2D eigenvalue weighted by Gasteiger charge is -2.47. The van der Waals surface area contributed by atoms with Gasteiger partial charge in [0.25, 0.3) is 0 Å². The molecule has 6 aliphatic rings. The van der Waals surface area contributed by atoms with E-state index in [4.69, 9.17) is 0 Å². The minimum Gasteiger partial charge on any atom is -0.161 e. The molecular formula is C19H32S8. The van der Waals surface area contributed by atoms with Crippen LogP contribution in [-0.2, 0) is 0 Å². The highest BCUT2D eigenvalue weighted by molar-refractivity contribution is 8.50. The van der Waals surface area contributed by atoms with Gasteiger partial charge in [0.1, 0.15) is 0 Å². The van der Waals surface area contributed by atoms with Crippen LogP contribution in [-0.4, -0.2) is 71.8 Å². The van der Waals surface area contributed by atoms with Crippen molar-refractivity contribution in [3.05, 3.63) is 0 Å². The second-order valence-corrected chi connectivity index (χ2v) is 19.2. The topological polar surface area (TPSA) is 0 Å². The molecule has 0 saturated carbocycles. The smallest absolute Gasteiger partial charge is 0.153 e. The zero-order valence-electron chi connectivity index (χ0n) is 16.1. The summed E-state index contributed by atoms with van der Waals surface area (Å²) in [6, 6.07) is 0. The molecule has 0 aromatic rings. The van der Waals surface area contributed by atoms with Gasteiger partial charge in [-0.1, -0.05) is 0 Å². The van der Waals surface area contributed by atoms with Gasteiger partial charge in [0.05, 0.1) is 0 Å². The van der Waals surface area contributed by atoms with E-state index >= 15 is 0 Å². The second-order valence-electron chi connectivity index (χ2n) is 8.19. The zero-order chi connectivity index (χ0) is 18.5. The monoisotopic (exact) mass is 516 g/mol. The average molecular weight is 517 g/mol. The van der Waals surface area contributed by atoms with Gasteiger partial charge in [-0.25, -0.2) is 0 Å². The highest BCUT2D eigenvalue weighted by atomic mass is 32.3. The lowest BCUT2D eigenvalue weighted by atomic mass is 9.82. The lowest BCUT2D eigenvalue weighted by Crippen LogP contribution is -2.47. The molecule has 6 rings (SSSR count). The molecule has 6 heterocycles. The molecule has 27 heavy (non-hydrogen) atoms. The van der Waals surface area contributed by atoms with E-state index in [1.54, 1.807) is 0 Å². The molecule has 3 spiro atoms. The summed E-state index contributed by atoms with van der Waals surface area (Å²) in [5.41, 5.74) is 1.65. The van der Waals surface area contributed by atoms with Gasteiger partial charge in [0.15, 0.2) is 2.74 Å². The summed E-state index contributed by atoms with van der Waals surface area (Å²) in [6.45, 7) is 0. The minimum atomic E-state index is 0.556. The molecule has 8 heteroatoms. The van der Waals surface area contributed by atoms with E-state index in [9.17, 15) is 0 Å². The zero-order valence-corrected chi connectivity index (χ0v) is 22.6. The summed E-state index contributed by atoms with van der Waals surface area (Å²) in [5, 5.41) is 0. The number of rotatable bonds is 0. The summed E-state index contributed by atoms with van der Waals surface area (Å²) in [5.74, 6) is 17.1. The Morgan fingerprint density at radius 3 is 1.07 bits per heavy atom. The van der Waals surface area contributed by atoms with Crippen LogP contribution in [0.25, 0.3) is 0 Å². The Balaban J connectivity index is 0.000000102. The predicted octanol–water partition coefficient (Wildman–Crippen LogP) is 7.05. The van der Waals surface area contributed by atoms with Crippen molar-refractivity contribution < 1.29 is 0 Å². The van der Waals surface area contributed by atoms with Crippen LogP contribution in [0.15, 0.2) is 0 Å². The average Bonchev–Trinajstić information content (AvgIpc) is 3.28. The molecule has 0 radical (unpaired) electrons. The molecule has 6 aliphatic heterocycles. The maximum atomic E-state index is 2.19. The molecule has 6 saturated heterocycles. The molecule has 156 valence electrons. The van der Waals surface area contributed by atoms with Crippen molar-refractivity contribution in [1.29, 1.82) is 0 Å². The van der Waals surface area contributed by atoms with Gasteiger partial charge in [-0.2, -0.15) is 47.0 Å². The molecule has 0 unspecified atom stereocenters. The lowest BCUT2D eigenvalue weighted by molar-refractivity contribution is 0.305. The fraction of sp³-hybridized carbons (Fsp3) is 1.00. The molecule has 0 aromatic carbocycles. The molecule has 0 bridgehead atoms. The fourth-order valence-corrected chi connectivity index (χ4v) is 17.0. The van der Waals surface area contributed by atoms with Crippen molar-refractivity contribution >= 4 is 94.1 Å². The summed E-state index contributed by atoms with van der Waals surface area (Å²) in [6.07, 6.45) is 6.00. The van der Waals surface area contributed by atoms with Gasteiger partial charge in [-0.05, 0) is 54.1 Å². The maximum Gasteiger partial charge on any atom is 0.153 e. The summed E-state index contributed by atoms with van der Waals surface area (Å²) >= 11 is 17.2. The van der Waals surface area contributed by atoms with Gasteiger partial charge in [0.2, 0.25) is 0 Å². The normalized spacial score (nSPS) is 32.0. The highest BCUT2D eigenvalue weighted by Crippen LogP contribution is 2.62. The van der Waals surface area contributed by atoms with Crippen molar-refractivity contribution in [2.75, 3.05) is 69.0 Å². The first-order chi connectivity index (χ1) is 13.2. The third-order valence-corrected chi connectivity index (χ3v) is 19.6. The Kier molecular flexibility index (Phi) is 9.44. The van der Waals surface area contributed by atoms with E-state index in [2.05, 4.69) is 94.1 Å². The Morgan fingerprint density at radius 1 is 0.407 bits per heavy atom. The predicted molar refractivity (Wildman–Crippen MR) is 145 cm³/mol. The molecule has 0 aliphatic carbocycles. The number of hydrogen-bond donors (Lipinski definition) is 0. The molecule has 0 nitrogen and oxygen atoms in total. The molecular weight excluding hydrogens is 485 g/mol. The molecule has 0 N–H and O–H groups in total. The maximum absolute atomic E-state index is 2.19. The Morgan fingerprint density at radius 2 is 0.815 bits per heavy atom. The first-order valence-electron chi connectivity index (χ1n) is 10.1. The standard InChI is InChI=1S/C9H16S2.C5H8S4.C5H8S2/c1-3-9(7-10-5-1)4-2-6-11-8-9;1-2-7-5(6-1)8-3-4-9-5;1-5(2-6-1)3-7-4-5/h1-8H2;1-4H2;1-4H2. The van der Waals surface area contributed by atoms with Gasteiger partial charge < -0.3 is 0 Å². The molecule has 6 fully saturated rings. The first kappa shape index (κ1) is 23.0. The van der Waals surface area contributed by atoms with Crippen LogP contribution in [0.1, 0.15) is 25.7 Å². The highest BCUT2D eigenvalue weighted by Gasteiger charge is 2.43. The molecule has 0 atom stereocenters. The van der Waals surface area contributed by atoms with Crippen LogP contribution >= 0.6 is 94.1 Å². The third-order valence-electron chi connectivity index (χ3n) is 5.72. The van der Waals surface area contributed by atoms with E-state index < -0.39 is 0 Å². The number of hydrogen-bond acceptors (Lipinski definition) is 8. The van der Waals surface area contributed by atoms with Gasteiger partial charge in [-0.3, -0.25) is 0 Å². The van der Waals surface area contributed by atoms with Crippen LogP contribution in [0.3, 0.4) is 0 Å². The largest absolute Gasteiger partial charge is 0.161 e. The quantitative estimate of drug-likeness (QED) is 0.331. The third kappa shape index (κ3) is 6.41. The minimum absolute atomic E-state index is 0.556. The van der Waals surface area contributed by atoms with E-state index in [0.29, 0.717) is 2.74 Å². The van der Waals surface area contributed by atoms with Crippen molar-refractivity contribution in [1.82, 2.24) is 0 Å². The van der Waals surface area contributed by atoms with Crippen molar-refractivity contribution in [2.45, 2.75) is 28.4 Å². The van der Waals surface area contributed by atoms with Crippen LogP contribution in [0, 0.1) is 10.8 Å². The van der Waals surface area contributed by atoms with E-state index in [-0.39, 0.29) is 0 Å². The first-order valence-corrected chi connectivity index (χ1v) is 18.7. The molecule has 0 aromatic heterocycles. The second kappa shape index (κ2) is 11.1. The number of thioether (sulfide) groups is 8. The Labute approximate surface area is 200 Å². The van der Waals surface area contributed by atoms with Gasteiger partial charge in [-0.15, -0.1) is 47.0 Å². The summed E-state index contributed by atoms with van der Waals surface area (Å²) in [7, 11) is 0. The summed E-state index contributed by atoms with van der Waals surface area (Å²) in [4.78, 5) is 0. The Bertz CT molecular complexity index is 386. The van der Waals surface area contributed by atoms with Gasteiger partial charge >= 0.3 is 0 Å². The van der Waals surface area contributed by atoms with Crippen LogP contribution in [0.5, 0.6) is 0 Å². The van der Waals surface area contributed by atoms with Crippen molar-refractivity contribution in [3.63, 3.8) is 0 Å². The van der Waals surface area contributed by atoms with E-state index in [1.165, 1.54) is 94.7 Å². The van der Waals surface area contributed by atoms with Crippen LogP contribution in [0.4, 0.5) is 0 Å². The van der Waals surface area contributed by atoms with Crippen molar-refractivity contribution in [2.24, 2.45) is 10.8 Å².